The number of carbonyl (C=O) groups is 1. The lowest BCUT2D eigenvalue weighted by Gasteiger charge is -2.05. The molecule has 9 heteroatoms. The predicted octanol–water partition coefficient (Wildman–Crippen LogP) is 5.00. The third-order valence-corrected chi connectivity index (χ3v) is 5.05. The molecule has 1 aromatic heterocycles. The Labute approximate surface area is 201 Å². The Morgan fingerprint density at radius 3 is 2.60 bits per heavy atom. The van der Waals surface area contributed by atoms with Gasteiger partial charge in [0.05, 0.1) is 23.4 Å². The second kappa shape index (κ2) is 10.9. The van der Waals surface area contributed by atoms with Crippen LogP contribution in [-0.2, 0) is 0 Å². The highest BCUT2D eigenvalue weighted by Crippen LogP contribution is 2.25. The smallest absolute Gasteiger partial charge is 0.271 e. The van der Waals surface area contributed by atoms with E-state index in [4.69, 9.17) is 9.84 Å². The summed E-state index contributed by atoms with van der Waals surface area (Å²) < 4.78 is 7.40. The maximum atomic E-state index is 12.4. The summed E-state index contributed by atoms with van der Waals surface area (Å²) in [5.74, 6) is 0.219. The second-order valence-electron chi connectivity index (χ2n) is 7.59. The van der Waals surface area contributed by atoms with E-state index in [9.17, 15) is 14.9 Å². The fraction of sp³-hybridized carbons (Fsp3) is 0.115. The number of amides is 1. The summed E-state index contributed by atoms with van der Waals surface area (Å²) in [6.07, 6.45) is 4.24. The quantitative estimate of drug-likeness (QED) is 0.211. The van der Waals surface area contributed by atoms with Gasteiger partial charge in [-0.15, -0.1) is 0 Å². The van der Waals surface area contributed by atoms with Gasteiger partial charge in [-0.3, -0.25) is 14.9 Å². The zero-order valence-corrected chi connectivity index (χ0v) is 19.0. The molecule has 176 valence electrons. The minimum absolute atomic E-state index is 0.138. The third-order valence-electron chi connectivity index (χ3n) is 5.05. The highest BCUT2D eigenvalue weighted by Gasteiger charge is 2.13. The first-order valence-corrected chi connectivity index (χ1v) is 11.0. The number of hydrogen-bond acceptors (Lipinski definition) is 6. The number of aromatic nitrogens is 2. The van der Waals surface area contributed by atoms with Gasteiger partial charge in [0.25, 0.3) is 11.6 Å². The van der Waals surface area contributed by atoms with Crippen molar-refractivity contribution in [3.05, 3.63) is 106 Å². The summed E-state index contributed by atoms with van der Waals surface area (Å²) in [5, 5.41) is 19.8. The largest absolute Gasteiger partial charge is 0.494 e. The van der Waals surface area contributed by atoms with Crippen LogP contribution in [-0.4, -0.2) is 33.4 Å². The van der Waals surface area contributed by atoms with Gasteiger partial charge in [-0.05, 0) is 48.9 Å². The first kappa shape index (κ1) is 23.4. The van der Waals surface area contributed by atoms with Crippen LogP contribution >= 0.6 is 0 Å². The van der Waals surface area contributed by atoms with Crippen molar-refractivity contribution in [2.45, 2.75) is 13.3 Å². The lowest BCUT2D eigenvalue weighted by molar-refractivity contribution is -0.384. The van der Waals surface area contributed by atoms with Gasteiger partial charge in [0.1, 0.15) is 11.4 Å². The molecule has 1 amide bonds. The number of hydrogen-bond donors (Lipinski definition) is 1. The fourth-order valence-corrected chi connectivity index (χ4v) is 3.33. The molecule has 1 N–H and O–H groups in total. The molecule has 0 unspecified atom stereocenters. The summed E-state index contributed by atoms with van der Waals surface area (Å²) >= 11 is 0. The number of ether oxygens (including phenoxy) is 1. The monoisotopic (exact) mass is 469 g/mol. The van der Waals surface area contributed by atoms with Crippen molar-refractivity contribution >= 4 is 17.8 Å². The van der Waals surface area contributed by atoms with Crippen molar-refractivity contribution in [3.63, 3.8) is 0 Å². The van der Waals surface area contributed by atoms with E-state index in [0.29, 0.717) is 17.9 Å². The Hall–Kier alpha value is -4.79. The number of hydrazone groups is 1. The van der Waals surface area contributed by atoms with Gasteiger partial charge in [-0.25, -0.2) is 10.1 Å². The molecule has 3 aromatic carbocycles. The molecule has 0 aliphatic carbocycles. The van der Waals surface area contributed by atoms with Crippen LogP contribution in [0, 0.1) is 10.1 Å². The van der Waals surface area contributed by atoms with Crippen LogP contribution in [0.1, 0.15) is 29.3 Å². The number of carbonyl (C=O) groups excluding carboxylic acids is 1. The number of rotatable bonds is 9. The van der Waals surface area contributed by atoms with Crippen molar-refractivity contribution < 1.29 is 14.5 Å². The fourth-order valence-electron chi connectivity index (χ4n) is 3.33. The van der Waals surface area contributed by atoms with E-state index >= 15 is 0 Å². The van der Waals surface area contributed by atoms with E-state index in [1.165, 1.54) is 30.5 Å². The van der Waals surface area contributed by atoms with E-state index in [0.717, 1.165) is 23.4 Å². The zero-order valence-electron chi connectivity index (χ0n) is 19.0. The molecule has 0 fully saturated rings. The lowest BCUT2D eigenvalue weighted by atomic mass is 10.1. The molecule has 9 nitrogen and oxygen atoms in total. The summed E-state index contributed by atoms with van der Waals surface area (Å²) in [7, 11) is 0. The highest BCUT2D eigenvalue weighted by atomic mass is 16.6. The number of non-ortho nitro benzene ring substituents is 1. The number of benzene rings is 3. The normalized spacial score (nSPS) is 10.9. The topological polar surface area (TPSA) is 112 Å². The van der Waals surface area contributed by atoms with E-state index < -0.39 is 10.8 Å². The van der Waals surface area contributed by atoms with Crippen LogP contribution in [0.15, 0.2) is 90.2 Å². The summed E-state index contributed by atoms with van der Waals surface area (Å²) in [5.41, 5.74) is 5.47. The van der Waals surface area contributed by atoms with Crippen molar-refractivity contribution in [2.75, 3.05) is 6.61 Å². The third kappa shape index (κ3) is 5.77. The molecule has 0 spiro atoms. The van der Waals surface area contributed by atoms with Crippen molar-refractivity contribution in [3.8, 4) is 22.7 Å². The average Bonchev–Trinajstić information content (AvgIpc) is 3.32. The summed E-state index contributed by atoms with van der Waals surface area (Å²) in [4.78, 5) is 22.8. The minimum Gasteiger partial charge on any atom is -0.494 e. The Kier molecular flexibility index (Phi) is 7.27. The summed E-state index contributed by atoms with van der Waals surface area (Å²) in [6.45, 7) is 2.69. The molecule has 0 atom stereocenters. The zero-order chi connectivity index (χ0) is 24.6. The Balaban J connectivity index is 1.60. The van der Waals surface area contributed by atoms with Gasteiger partial charge in [-0.2, -0.15) is 10.2 Å². The average molecular weight is 470 g/mol. The maximum absolute atomic E-state index is 12.4. The molecule has 0 saturated heterocycles. The molecule has 35 heavy (non-hydrogen) atoms. The number of nitrogens with one attached hydrogen (secondary N) is 1. The van der Waals surface area contributed by atoms with Crippen molar-refractivity contribution in [1.29, 1.82) is 0 Å². The van der Waals surface area contributed by atoms with Gasteiger partial charge < -0.3 is 4.74 Å². The van der Waals surface area contributed by atoms with Crippen molar-refractivity contribution in [1.82, 2.24) is 15.2 Å². The molecular formula is C26H23N5O4. The number of nitro benzene ring substituents is 1. The molecule has 0 saturated carbocycles. The van der Waals surface area contributed by atoms with Crippen LogP contribution in [0.3, 0.4) is 0 Å². The predicted molar refractivity (Wildman–Crippen MR) is 133 cm³/mol. The summed E-state index contributed by atoms with van der Waals surface area (Å²) in [6, 6.07) is 22.7. The SMILES string of the molecule is CCCOc1ccc(-c2nn(-c3ccccc3)cc2/C=N\NC(=O)c2cccc([N+](=O)[O-])c2)cc1. The van der Waals surface area contributed by atoms with Crippen LogP contribution < -0.4 is 10.2 Å². The molecule has 0 radical (unpaired) electrons. The molecule has 4 rings (SSSR count). The lowest BCUT2D eigenvalue weighted by Crippen LogP contribution is -2.17. The Morgan fingerprint density at radius 1 is 1.11 bits per heavy atom. The van der Waals surface area contributed by atoms with Gasteiger partial charge in [0, 0.05) is 35.0 Å². The number of nitro groups is 1. The van der Waals surface area contributed by atoms with Crippen molar-refractivity contribution in [2.24, 2.45) is 5.10 Å². The molecule has 1 heterocycles. The van der Waals surface area contributed by atoms with E-state index in [1.807, 2.05) is 67.7 Å². The maximum Gasteiger partial charge on any atom is 0.271 e. The van der Waals surface area contributed by atoms with Crippen LogP contribution in [0.4, 0.5) is 5.69 Å². The van der Waals surface area contributed by atoms with Gasteiger partial charge in [0.2, 0.25) is 0 Å². The molecule has 4 aromatic rings. The van der Waals surface area contributed by atoms with Gasteiger partial charge >= 0.3 is 0 Å². The van der Waals surface area contributed by atoms with Gasteiger partial charge in [-0.1, -0.05) is 31.2 Å². The standard InChI is InChI=1S/C26H23N5O4/c1-2-15-35-24-13-11-19(12-14-24)25-21(18-30(29-25)22-8-4-3-5-9-22)17-27-28-26(32)20-7-6-10-23(16-20)31(33)34/h3-14,16-18H,2,15H2,1H3,(H,28,32)/b27-17-. The second-order valence-corrected chi connectivity index (χ2v) is 7.59. The number of nitrogens with zero attached hydrogens (tertiary/aromatic N) is 4. The van der Waals surface area contributed by atoms with Crippen LogP contribution in [0.25, 0.3) is 16.9 Å². The van der Waals surface area contributed by atoms with Gasteiger partial charge in [0.15, 0.2) is 0 Å². The highest BCUT2D eigenvalue weighted by molar-refractivity contribution is 5.96. The number of para-hydroxylation sites is 1. The first-order chi connectivity index (χ1) is 17.0. The minimum atomic E-state index is -0.556. The van der Waals surface area contributed by atoms with E-state index in [-0.39, 0.29) is 11.3 Å². The molecule has 0 aliphatic rings. The van der Waals surface area contributed by atoms with E-state index in [2.05, 4.69) is 10.5 Å². The first-order valence-electron chi connectivity index (χ1n) is 11.0. The van der Waals surface area contributed by atoms with E-state index in [1.54, 1.807) is 4.68 Å². The van der Waals surface area contributed by atoms with Crippen LogP contribution in [0.5, 0.6) is 5.75 Å². The Morgan fingerprint density at radius 2 is 1.89 bits per heavy atom. The molecular weight excluding hydrogens is 446 g/mol. The molecule has 0 bridgehead atoms. The Bertz CT molecular complexity index is 1350. The molecule has 0 aliphatic heterocycles. The van der Waals surface area contributed by atoms with Crippen LogP contribution in [0.2, 0.25) is 0 Å².